The van der Waals surface area contributed by atoms with E-state index in [4.69, 9.17) is 0 Å². The van der Waals surface area contributed by atoms with Crippen LogP contribution in [-0.4, -0.2) is 31.9 Å². The van der Waals surface area contributed by atoms with Gasteiger partial charge in [-0.05, 0) is 44.2 Å². The van der Waals surface area contributed by atoms with Gasteiger partial charge in [-0.15, -0.1) is 0 Å². The largest absolute Gasteiger partial charge is 0.345 e. The molecule has 4 aromatic rings. The van der Waals surface area contributed by atoms with Crippen LogP contribution in [0.3, 0.4) is 0 Å². The minimum absolute atomic E-state index is 0.284. The number of amides is 1. The minimum Gasteiger partial charge on any atom is -0.345 e. The third kappa shape index (κ3) is 3.22. The number of nitrogens with one attached hydrogen (secondary N) is 2. The normalized spacial score (nSPS) is 11.3. The Bertz CT molecular complexity index is 1140. The SMILES string of the molecule is Cc1nn(-c2ccccc2)c(C)c1/C=N\NC(=O)c1ccc2nc[nH]c2c1. The van der Waals surface area contributed by atoms with Gasteiger partial charge in [0.1, 0.15) is 0 Å². The zero-order chi connectivity index (χ0) is 18.8. The Hall–Kier alpha value is -3.74. The molecule has 1 amide bonds. The first kappa shape index (κ1) is 16.7. The summed E-state index contributed by atoms with van der Waals surface area (Å²) in [5.41, 5.74) is 8.35. The molecule has 0 aliphatic heterocycles. The molecule has 0 saturated carbocycles. The second-order valence-corrected chi connectivity index (χ2v) is 6.17. The lowest BCUT2D eigenvalue weighted by Gasteiger charge is -2.03. The van der Waals surface area contributed by atoms with E-state index < -0.39 is 0 Å². The number of rotatable bonds is 4. The molecule has 0 radical (unpaired) electrons. The second kappa shape index (κ2) is 6.87. The number of para-hydroxylation sites is 1. The maximum atomic E-state index is 12.3. The van der Waals surface area contributed by atoms with Crippen molar-refractivity contribution in [2.24, 2.45) is 5.10 Å². The lowest BCUT2D eigenvalue weighted by molar-refractivity contribution is 0.0955. The van der Waals surface area contributed by atoms with Crippen LogP contribution in [-0.2, 0) is 0 Å². The van der Waals surface area contributed by atoms with Crippen molar-refractivity contribution >= 4 is 23.2 Å². The van der Waals surface area contributed by atoms with E-state index in [9.17, 15) is 4.79 Å². The fourth-order valence-electron chi connectivity index (χ4n) is 2.96. The highest BCUT2D eigenvalue weighted by Crippen LogP contribution is 2.16. The molecule has 0 unspecified atom stereocenters. The number of hydrazone groups is 1. The Balaban J connectivity index is 1.53. The fraction of sp³-hybridized carbons (Fsp3) is 0.100. The van der Waals surface area contributed by atoms with E-state index in [1.54, 1.807) is 30.7 Å². The molecule has 2 aromatic carbocycles. The van der Waals surface area contributed by atoms with Gasteiger partial charge in [0.25, 0.3) is 5.91 Å². The number of aryl methyl sites for hydroxylation is 1. The Kier molecular flexibility index (Phi) is 4.25. The van der Waals surface area contributed by atoms with Crippen molar-refractivity contribution < 1.29 is 4.79 Å². The number of hydrogen-bond acceptors (Lipinski definition) is 4. The summed E-state index contributed by atoms with van der Waals surface area (Å²) in [5, 5.41) is 8.68. The van der Waals surface area contributed by atoms with E-state index >= 15 is 0 Å². The van der Waals surface area contributed by atoms with E-state index in [1.807, 2.05) is 48.9 Å². The number of benzene rings is 2. The first-order valence-electron chi connectivity index (χ1n) is 8.51. The molecule has 2 N–H and O–H groups in total. The highest BCUT2D eigenvalue weighted by molar-refractivity contribution is 5.97. The molecule has 2 aromatic heterocycles. The number of carbonyl (C=O) groups is 1. The summed E-state index contributed by atoms with van der Waals surface area (Å²) >= 11 is 0. The molecule has 4 rings (SSSR count). The van der Waals surface area contributed by atoms with E-state index in [1.165, 1.54) is 0 Å². The van der Waals surface area contributed by atoms with Crippen LogP contribution >= 0.6 is 0 Å². The van der Waals surface area contributed by atoms with Crippen LogP contribution in [0.25, 0.3) is 16.7 Å². The molecule has 0 atom stereocenters. The number of imidazole rings is 1. The van der Waals surface area contributed by atoms with Gasteiger partial charge >= 0.3 is 0 Å². The quantitative estimate of drug-likeness (QED) is 0.434. The first-order valence-corrected chi connectivity index (χ1v) is 8.51. The Morgan fingerprint density at radius 2 is 2.00 bits per heavy atom. The average molecular weight is 358 g/mol. The standard InChI is InChI=1S/C20H18N6O/c1-13-17(14(2)26(25-13)16-6-4-3-5-7-16)11-23-24-20(27)15-8-9-18-19(10-15)22-12-21-18/h3-12H,1-2H3,(H,21,22)(H,24,27)/b23-11-. The van der Waals surface area contributed by atoms with Gasteiger partial charge in [-0.1, -0.05) is 18.2 Å². The van der Waals surface area contributed by atoms with E-state index in [2.05, 4.69) is 25.6 Å². The molecule has 0 spiro atoms. The van der Waals surface area contributed by atoms with Gasteiger partial charge < -0.3 is 4.98 Å². The van der Waals surface area contributed by atoms with Gasteiger partial charge in [0.2, 0.25) is 0 Å². The highest BCUT2D eigenvalue weighted by atomic mass is 16.2. The Labute approximate surface area is 155 Å². The van der Waals surface area contributed by atoms with Gasteiger partial charge in [0.05, 0.1) is 40.7 Å². The third-order valence-corrected chi connectivity index (χ3v) is 4.39. The van der Waals surface area contributed by atoms with Crippen LogP contribution < -0.4 is 5.43 Å². The number of nitrogens with zero attached hydrogens (tertiary/aromatic N) is 4. The third-order valence-electron chi connectivity index (χ3n) is 4.39. The molecule has 0 fully saturated rings. The Morgan fingerprint density at radius 3 is 2.81 bits per heavy atom. The average Bonchev–Trinajstić information content (AvgIpc) is 3.27. The van der Waals surface area contributed by atoms with Gasteiger partial charge in [-0.3, -0.25) is 4.79 Å². The van der Waals surface area contributed by atoms with Crippen molar-refractivity contribution in [3.63, 3.8) is 0 Å². The summed E-state index contributed by atoms with van der Waals surface area (Å²) in [7, 11) is 0. The lowest BCUT2D eigenvalue weighted by Crippen LogP contribution is -2.17. The number of aromatic amines is 1. The molecule has 2 heterocycles. The maximum Gasteiger partial charge on any atom is 0.271 e. The molecule has 134 valence electrons. The van der Waals surface area contributed by atoms with Crippen molar-refractivity contribution in [2.75, 3.05) is 0 Å². The topological polar surface area (TPSA) is 88.0 Å². The zero-order valence-electron chi connectivity index (χ0n) is 15.0. The number of fused-ring (bicyclic) bond motifs is 1. The molecule has 7 nitrogen and oxygen atoms in total. The fourth-order valence-corrected chi connectivity index (χ4v) is 2.96. The predicted octanol–water partition coefficient (Wildman–Crippen LogP) is 3.13. The van der Waals surface area contributed by atoms with Crippen LogP contribution in [0.4, 0.5) is 0 Å². The summed E-state index contributed by atoms with van der Waals surface area (Å²) < 4.78 is 1.87. The first-order chi connectivity index (χ1) is 13.1. The summed E-state index contributed by atoms with van der Waals surface area (Å²) in [5.74, 6) is -0.284. The van der Waals surface area contributed by atoms with Gasteiger partial charge in [0, 0.05) is 11.1 Å². The molecule has 7 heteroatoms. The van der Waals surface area contributed by atoms with Crippen molar-refractivity contribution in [3.8, 4) is 5.69 Å². The van der Waals surface area contributed by atoms with Crippen LogP contribution in [0.5, 0.6) is 0 Å². The molecular weight excluding hydrogens is 340 g/mol. The molecule has 0 aliphatic carbocycles. The smallest absolute Gasteiger partial charge is 0.271 e. The lowest BCUT2D eigenvalue weighted by atomic mass is 10.2. The van der Waals surface area contributed by atoms with Gasteiger partial charge in [-0.25, -0.2) is 15.1 Å². The summed E-state index contributed by atoms with van der Waals surface area (Å²) in [6, 6.07) is 15.2. The maximum absolute atomic E-state index is 12.3. The molecule has 27 heavy (non-hydrogen) atoms. The summed E-state index contributed by atoms with van der Waals surface area (Å²) in [4.78, 5) is 19.4. The monoisotopic (exact) mass is 358 g/mol. The van der Waals surface area contributed by atoms with Crippen molar-refractivity contribution in [1.29, 1.82) is 0 Å². The molecular formula is C20H18N6O. The zero-order valence-corrected chi connectivity index (χ0v) is 15.0. The minimum atomic E-state index is -0.284. The predicted molar refractivity (Wildman–Crippen MR) is 104 cm³/mol. The van der Waals surface area contributed by atoms with Crippen LogP contribution in [0.15, 0.2) is 60.0 Å². The van der Waals surface area contributed by atoms with Crippen molar-refractivity contribution in [2.45, 2.75) is 13.8 Å². The molecule has 0 aliphatic rings. The number of H-pyrrole nitrogens is 1. The van der Waals surface area contributed by atoms with Crippen molar-refractivity contribution in [1.82, 2.24) is 25.2 Å². The molecule has 0 bridgehead atoms. The number of aromatic nitrogens is 4. The molecule has 0 saturated heterocycles. The second-order valence-electron chi connectivity index (χ2n) is 6.17. The van der Waals surface area contributed by atoms with Gasteiger partial charge in [-0.2, -0.15) is 10.2 Å². The van der Waals surface area contributed by atoms with E-state index in [0.717, 1.165) is 33.7 Å². The highest BCUT2D eigenvalue weighted by Gasteiger charge is 2.11. The van der Waals surface area contributed by atoms with Crippen LogP contribution in [0.1, 0.15) is 27.3 Å². The van der Waals surface area contributed by atoms with Crippen molar-refractivity contribution in [3.05, 3.63) is 77.4 Å². The summed E-state index contributed by atoms with van der Waals surface area (Å²) in [6.07, 6.45) is 3.23. The number of carbonyl (C=O) groups excluding carboxylic acids is 1. The van der Waals surface area contributed by atoms with E-state index in [0.29, 0.717) is 5.56 Å². The van der Waals surface area contributed by atoms with Crippen LogP contribution in [0, 0.1) is 13.8 Å². The number of hydrogen-bond donors (Lipinski definition) is 2. The summed E-state index contributed by atoms with van der Waals surface area (Å²) in [6.45, 7) is 3.89. The Morgan fingerprint density at radius 1 is 1.19 bits per heavy atom. The van der Waals surface area contributed by atoms with Crippen LogP contribution in [0.2, 0.25) is 0 Å². The van der Waals surface area contributed by atoms with E-state index in [-0.39, 0.29) is 5.91 Å². The van der Waals surface area contributed by atoms with Gasteiger partial charge in [0.15, 0.2) is 0 Å².